The lowest BCUT2D eigenvalue weighted by Crippen LogP contribution is -2.21. The summed E-state index contributed by atoms with van der Waals surface area (Å²) < 4.78 is 77.5. The third-order valence-electron chi connectivity index (χ3n) is 14.4. The van der Waals surface area contributed by atoms with Crippen LogP contribution in [0.15, 0.2) is 36.4 Å². The molecule has 336 valence electrons. The summed E-state index contributed by atoms with van der Waals surface area (Å²) in [6.07, 6.45) is 3.43. The first kappa shape index (κ1) is 39.3. The highest BCUT2D eigenvalue weighted by Crippen LogP contribution is 2.50. The molecule has 6 heterocycles. The standard InChI is InChI=1S/C54H48O12/c1-25-43-31-7-32-14-34-9-36-16-38-11-40-18-42-12-41-17-39-10-37-15-35-8-33(13-31)45(57-19-55-43)26(2)47(35)59-21-61-49(37)28(4)51(39)63-23-65-53(41)30(6)54(42)66-24-64-52(40)29(5)50(38)62-22-60-48(36)27(3)46(34)58-20-56-44(25)32/h7-12H,13-24H2,1-6H3. The minimum Gasteiger partial charge on any atom is -0.457 e. The molecule has 1 aliphatic carbocycles. The van der Waals surface area contributed by atoms with Crippen molar-refractivity contribution in [3.05, 3.63) is 137 Å². The van der Waals surface area contributed by atoms with Gasteiger partial charge in [-0.05, 0) is 145 Å². The Hall–Kier alpha value is -7.08. The highest BCUT2D eigenvalue weighted by Gasteiger charge is 2.33. The van der Waals surface area contributed by atoms with Crippen molar-refractivity contribution in [3.63, 3.8) is 0 Å². The fourth-order valence-electron chi connectivity index (χ4n) is 11.7. The quantitative estimate of drug-likeness (QED) is 0.145. The second kappa shape index (κ2) is 14.7. The first-order valence-corrected chi connectivity index (χ1v) is 22.6. The van der Waals surface area contributed by atoms with Crippen molar-refractivity contribution in [3.8, 4) is 69.0 Å². The molecular weight excluding hydrogens is 841 g/mol. The maximum Gasteiger partial charge on any atom is 0.230 e. The average molecular weight is 889 g/mol. The van der Waals surface area contributed by atoms with E-state index in [1.165, 1.54) is 0 Å². The summed E-state index contributed by atoms with van der Waals surface area (Å²) in [5.74, 6) is 9.06. The van der Waals surface area contributed by atoms with Crippen molar-refractivity contribution in [1.82, 2.24) is 0 Å². The minimum absolute atomic E-state index is 0.0224. The molecule has 0 saturated heterocycles. The van der Waals surface area contributed by atoms with Crippen LogP contribution >= 0.6 is 0 Å². The maximum atomic E-state index is 6.46. The van der Waals surface area contributed by atoms with E-state index >= 15 is 0 Å². The first-order chi connectivity index (χ1) is 32.2. The maximum absolute atomic E-state index is 6.46. The molecule has 12 nitrogen and oxygen atoms in total. The molecule has 6 aromatic rings. The van der Waals surface area contributed by atoms with Crippen molar-refractivity contribution in [2.45, 2.75) is 80.1 Å². The zero-order chi connectivity index (χ0) is 44.5. The number of benzene rings is 6. The van der Waals surface area contributed by atoms with Gasteiger partial charge in [0.1, 0.15) is 69.0 Å². The fourth-order valence-corrected chi connectivity index (χ4v) is 11.7. The Morgan fingerprint density at radius 3 is 0.409 bits per heavy atom. The van der Waals surface area contributed by atoms with Crippen molar-refractivity contribution >= 4 is 0 Å². The van der Waals surface area contributed by atoms with E-state index in [0.717, 1.165) is 169 Å². The highest BCUT2D eigenvalue weighted by atomic mass is 16.7. The SMILES string of the molecule is Cc1c2c3cc4c1OCOc1c(cc5c(c1C)OCOc1c(cc6c(c1C)OCOc1c(cc7c(c1C)OCOc1c(cc8c(c1C)OCOc1c(cc(c(c1C)OCO2)C3)C8)C7)C6)C5)C4. The van der Waals surface area contributed by atoms with Crippen molar-refractivity contribution in [2.24, 2.45) is 0 Å². The molecule has 0 spiro atoms. The van der Waals surface area contributed by atoms with E-state index in [2.05, 4.69) is 77.9 Å². The van der Waals surface area contributed by atoms with Crippen molar-refractivity contribution in [2.75, 3.05) is 40.8 Å². The monoisotopic (exact) mass is 888 g/mol. The van der Waals surface area contributed by atoms with E-state index < -0.39 is 0 Å². The number of hydrogen-bond donors (Lipinski definition) is 0. The number of rotatable bonds is 0. The van der Waals surface area contributed by atoms with Crippen LogP contribution in [0.5, 0.6) is 69.0 Å². The molecule has 0 amide bonds. The second-order valence-corrected chi connectivity index (χ2v) is 18.4. The number of ether oxygens (including phenoxy) is 12. The van der Waals surface area contributed by atoms with Gasteiger partial charge in [0.25, 0.3) is 0 Å². The average Bonchev–Trinajstić information content (AvgIpc) is 3.24. The summed E-state index contributed by atoms with van der Waals surface area (Å²) in [6, 6.07) is 13.5. The van der Waals surface area contributed by atoms with Crippen LogP contribution in [0.3, 0.4) is 0 Å². The van der Waals surface area contributed by atoms with Crippen LogP contribution in [0, 0.1) is 41.5 Å². The summed E-state index contributed by atoms with van der Waals surface area (Å²) in [7, 11) is 0. The zero-order valence-corrected chi connectivity index (χ0v) is 37.8. The topological polar surface area (TPSA) is 111 Å². The van der Waals surface area contributed by atoms with E-state index in [1.54, 1.807) is 0 Å². The molecule has 0 unspecified atom stereocenters. The fraction of sp³-hybridized carbons (Fsp3) is 0.333. The summed E-state index contributed by atoms with van der Waals surface area (Å²) in [6.45, 7) is 12.5. The van der Waals surface area contributed by atoms with Gasteiger partial charge in [-0.25, -0.2) is 0 Å². The lowest BCUT2D eigenvalue weighted by molar-refractivity contribution is 0.0981. The molecule has 12 bridgehead atoms. The molecule has 6 aromatic carbocycles. The molecule has 0 atom stereocenters. The van der Waals surface area contributed by atoms with Gasteiger partial charge in [0, 0.05) is 71.9 Å². The van der Waals surface area contributed by atoms with Gasteiger partial charge in [-0.1, -0.05) is 0 Å². The third-order valence-corrected chi connectivity index (χ3v) is 14.4. The molecule has 0 N–H and O–H groups in total. The van der Waals surface area contributed by atoms with Gasteiger partial charge in [-0.3, -0.25) is 0 Å². The highest BCUT2D eigenvalue weighted by molar-refractivity contribution is 5.67. The zero-order valence-electron chi connectivity index (χ0n) is 37.8. The van der Waals surface area contributed by atoms with Gasteiger partial charge in [0.2, 0.25) is 40.8 Å². The van der Waals surface area contributed by atoms with Crippen LogP contribution in [0.25, 0.3) is 0 Å². The molecule has 0 saturated carbocycles. The summed E-state index contributed by atoms with van der Waals surface area (Å²) in [5.41, 5.74) is 18.1. The predicted molar refractivity (Wildman–Crippen MR) is 241 cm³/mol. The van der Waals surface area contributed by atoms with E-state index in [9.17, 15) is 0 Å². The summed E-state index contributed by atoms with van der Waals surface area (Å²) >= 11 is 0. The van der Waals surface area contributed by atoms with Gasteiger partial charge >= 0.3 is 0 Å². The van der Waals surface area contributed by atoms with E-state index in [-0.39, 0.29) is 40.8 Å². The molecule has 0 aromatic heterocycles. The molecule has 13 rings (SSSR count). The molecule has 12 heteroatoms. The molecule has 0 fully saturated rings. The van der Waals surface area contributed by atoms with Crippen LogP contribution in [-0.4, -0.2) is 40.8 Å². The molecule has 6 aliphatic heterocycles. The largest absolute Gasteiger partial charge is 0.457 e. The third kappa shape index (κ3) is 5.95. The van der Waals surface area contributed by atoms with Crippen molar-refractivity contribution < 1.29 is 56.8 Å². The summed E-state index contributed by atoms with van der Waals surface area (Å²) in [4.78, 5) is 0. The number of hydrogen-bond acceptors (Lipinski definition) is 12. The van der Waals surface area contributed by atoms with Gasteiger partial charge in [-0.2, -0.15) is 0 Å². The van der Waals surface area contributed by atoms with Gasteiger partial charge in [0.05, 0.1) is 0 Å². The van der Waals surface area contributed by atoms with Crippen LogP contribution < -0.4 is 56.8 Å². The van der Waals surface area contributed by atoms with E-state index in [1.807, 2.05) is 0 Å². The van der Waals surface area contributed by atoms with Crippen LogP contribution in [-0.2, 0) is 38.5 Å². The normalized spacial score (nSPS) is 16.5. The van der Waals surface area contributed by atoms with Crippen molar-refractivity contribution in [1.29, 1.82) is 0 Å². The van der Waals surface area contributed by atoms with Crippen LogP contribution in [0.1, 0.15) is 100 Å². The Balaban J connectivity index is 1.05. The van der Waals surface area contributed by atoms with Gasteiger partial charge < -0.3 is 56.8 Å². The Morgan fingerprint density at radius 2 is 0.303 bits per heavy atom. The summed E-state index contributed by atoms with van der Waals surface area (Å²) in [5, 5.41) is 0. The first-order valence-electron chi connectivity index (χ1n) is 22.6. The lowest BCUT2D eigenvalue weighted by atomic mass is 9.87. The molecular formula is C54H48O12. The van der Waals surface area contributed by atoms with Crippen LogP contribution in [0.4, 0.5) is 0 Å². The molecule has 7 aliphatic rings. The Labute approximate surface area is 382 Å². The second-order valence-electron chi connectivity index (χ2n) is 18.4. The molecule has 0 radical (unpaired) electrons. The van der Waals surface area contributed by atoms with E-state index in [0.29, 0.717) is 38.5 Å². The van der Waals surface area contributed by atoms with E-state index in [4.69, 9.17) is 56.8 Å². The molecule has 66 heavy (non-hydrogen) atoms. The van der Waals surface area contributed by atoms with Gasteiger partial charge in [-0.15, -0.1) is 0 Å². The Morgan fingerprint density at radius 1 is 0.197 bits per heavy atom. The van der Waals surface area contributed by atoms with Gasteiger partial charge in [0.15, 0.2) is 0 Å². The Bertz CT molecular complexity index is 2420. The lowest BCUT2D eigenvalue weighted by Gasteiger charge is -2.30. The predicted octanol–water partition coefficient (Wildman–Crippen LogP) is 9.77. The Kier molecular flexibility index (Phi) is 8.76. The smallest absolute Gasteiger partial charge is 0.230 e. The minimum atomic E-state index is 0.0224. The van der Waals surface area contributed by atoms with Crippen LogP contribution in [0.2, 0.25) is 0 Å².